The van der Waals surface area contributed by atoms with Gasteiger partial charge in [0.25, 0.3) is 0 Å². The van der Waals surface area contributed by atoms with Crippen LogP contribution in [0.15, 0.2) is 24.3 Å². The molecule has 0 N–H and O–H groups in total. The summed E-state index contributed by atoms with van der Waals surface area (Å²) < 4.78 is 11.7. The Kier molecular flexibility index (Phi) is 4.18. The van der Waals surface area contributed by atoms with Gasteiger partial charge < -0.3 is 14.4 Å². The Morgan fingerprint density at radius 3 is 2.64 bits per heavy atom. The molecule has 0 aromatic heterocycles. The van der Waals surface area contributed by atoms with E-state index in [9.17, 15) is 9.59 Å². The molecule has 3 fully saturated rings. The van der Waals surface area contributed by atoms with Crippen molar-refractivity contribution in [3.05, 3.63) is 29.8 Å². The second kappa shape index (κ2) is 6.36. The molecule has 0 radical (unpaired) electrons. The van der Waals surface area contributed by atoms with Gasteiger partial charge in [-0.05, 0) is 44.2 Å². The Labute approximate surface area is 148 Å². The number of hydrogen-bond acceptors (Lipinski definition) is 4. The van der Waals surface area contributed by atoms with Crippen molar-refractivity contribution in [1.82, 2.24) is 4.90 Å². The van der Waals surface area contributed by atoms with Gasteiger partial charge in [0.2, 0.25) is 5.91 Å². The van der Waals surface area contributed by atoms with Gasteiger partial charge in [0.15, 0.2) is 0 Å². The van der Waals surface area contributed by atoms with Gasteiger partial charge >= 0.3 is 5.97 Å². The molecule has 2 aliphatic heterocycles. The van der Waals surface area contributed by atoms with Crippen molar-refractivity contribution in [3.63, 3.8) is 0 Å². The lowest BCUT2D eigenvalue weighted by atomic mass is 9.75. The third-order valence-corrected chi connectivity index (χ3v) is 5.87. The predicted octanol–water partition coefficient (Wildman–Crippen LogP) is 2.85. The van der Waals surface area contributed by atoms with Crippen LogP contribution in [0, 0.1) is 12.8 Å². The molecule has 0 bridgehead atoms. The number of ether oxygens (including phenoxy) is 2. The second-order valence-electron chi connectivity index (χ2n) is 7.60. The average molecular weight is 343 g/mol. The first-order chi connectivity index (χ1) is 12.1. The van der Waals surface area contributed by atoms with Crippen molar-refractivity contribution in [2.45, 2.75) is 57.2 Å². The van der Waals surface area contributed by atoms with E-state index in [1.807, 2.05) is 36.1 Å². The van der Waals surface area contributed by atoms with Crippen LogP contribution in [-0.2, 0) is 14.3 Å². The van der Waals surface area contributed by atoms with Crippen LogP contribution in [0.4, 0.5) is 0 Å². The molecule has 5 heteroatoms. The number of likely N-dealkylation sites (tertiary alicyclic amines) is 1. The molecule has 2 heterocycles. The smallest absolute Gasteiger partial charge is 0.307 e. The first-order valence-electron chi connectivity index (χ1n) is 9.30. The highest BCUT2D eigenvalue weighted by molar-refractivity contribution is 5.88. The number of benzene rings is 1. The lowest BCUT2D eigenvalue weighted by Gasteiger charge is -2.43. The zero-order valence-corrected chi connectivity index (χ0v) is 14.7. The molecule has 5 nitrogen and oxygen atoms in total. The van der Waals surface area contributed by atoms with Crippen molar-refractivity contribution >= 4 is 11.9 Å². The first kappa shape index (κ1) is 16.4. The van der Waals surface area contributed by atoms with E-state index in [0.29, 0.717) is 13.1 Å². The van der Waals surface area contributed by atoms with E-state index in [2.05, 4.69) is 0 Å². The molecule has 1 saturated carbocycles. The van der Waals surface area contributed by atoms with Crippen molar-refractivity contribution in [3.8, 4) is 5.75 Å². The first-order valence-corrected chi connectivity index (χ1v) is 9.30. The lowest BCUT2D eigenvalue weighted by Crippen LogP contribution is -2.59. The van der Waals surface area contributed by atoms with Gasteiger partial charge in [-0.15, -0.1) is 0 Å². The van der Waals surface area contributed by atoms with E-state index < -0.39 is 5.60 Å². The van der Waals surface area contributed by atoms with Crippen LogP contribution in [0.1, 0.15) is 44.1 Å². The van der Waals surface area contributed by atoms with Crippen LogP contribution in [0.25, 0.3) is 0 Å². The number of aryl methyl sites for hydroxylation is 1. The molecule has 2 saturated heterocycles. The zero-order chi connectivity index (χ0) is 17.4. The highest BCUT2D eigenvalue weighted by Gasteiger charge is 2.54. The van der Waals surface area contributed by atoms with Gasteiger partial charge in [-0.1, -0.05) is 24.6 Å². The van der Waals surface area contributed by atoms with Crippen molar-refractivity contribution < 1.29 is 19.1 Å². The monoisotopic (exact) mass is 343 g/mol. The fourth-order valence-corrected chi connectivity index (χ4v) is 4.39. The van der Waals surface area contributed by atoms with Gasteiger partial charge in [0, 0.05) is 0 Å². The van der Waals surface area contributed by atoms with Crippen LogP contribution < -0.4 is 4.74 Å². The fourth-order valence-electron chi connectivity index (χ4n) is 4.39. The van der Waals surface area contributed by atoms with Crippen molar-refractivity contribution in [2.24, 2.45) is 5.92 Å². The summed E-state index contributed by atoms with van der Waals surface area (Å²) in [6, 6.07) is 7.92. The number of nitrogens with zero attached hydrogens (tertiary/aromatic N) is 1. The Balaban J connectivity index is 1.38. The molecule has 1 spiro atoms. The fraction of sp³-hybridized carbons (Fsp3) is 0.600. The summed E-state index contributed by atoms with van der Waals surface area (Å²) in [4.78, 5) is 26.7. The standard InChI is InChI=1S/C20H25NO4/c1-14-7-3-4-8-17(14)24-15-12-21(13-15)19(23)16-11-18(22)25-20(16)9-5-2-6-10-20/h3-4,7-8,15-16H,2,5-6,9-13H2,1H3/t16-/m1/s1. The van der Waals surface area contributed by atoms with Gasteiger partial charge in [0.1, 0.15) is 17.5 Å². The number of para-hydroxylation sites is 1. The van der Waals surface area contributed by atoms with Gasteiger partial charge in [-0.2, -0.15) is 0 Å². The SMILES string of the molecule is Cc1ccccc1OC1CN(C(=O)[C@H]2CC(=O)OC23CCCCC3)C1. The highest BCUT2D eigenvalue weighted by Crippen LogP contribution is 2.45. The summed E-state index contributed by atoms with van der Waals surface area (Å²) in [6.45, 7) is 3.20. The van der Waals surface area contributed by atoms with E-state index in [1.165, 1.54) is 0 Å². The zero-order valence-electron chi connectivity index (χ0n) is 14.7. The minimum Gasteiger partial charge on any atom is -0.486 e. The molecule has 0 unspecified atom stereocenters. The molecule has 4 rings (SSSR count). The summed E-state index contributed by atoms with van der Waals surface area (Å²) in [7, 11) is 0. The number of carbonyl (C=O) groups excluding carboxylic acids is 2. The third-order valence-electron chi connectivity index (χ3n) is 5.87. The van der Waals surface area contributed by atoms with E-state index >= 15 is 0 Å². The maximum Gasteiger partial charge on any atom is 0.307 e. The summed E-state index contributed by atoms with van der Waals surface area (Å²) in [5, 5.41) is 0. The molecule has 1 aromatic rings. The molecule has 1 aliphatic carbocycles. The van der Waals surface area contributed by atoms with Gasteiger partial charge in [0.05, 0.1) is 25.4 Å². The van der Waals surface area contributed by atoms with E-state index in [4.69, 9.17) is 9.47 Å². The average Bonchev–Trinajstić information content (AvgIpc) is 2.88. The van der Waals surface area contributed by atoms with Crippen LogP contribution in [0.5, 0.6) is 5.75 Å². The number of rotatable bonds is 3. The Hall–Kier alpha value is -2.04. The predicted molar refractivity (Wildman–Crippen MR) is 92.2 cm³/mol. The molecule has 1 amide bonds. The normalized spacial score (nSPS) is 25.6. The van der Waals surface area contributed by atoms with E-state index in [1.54, 1.807) is 0 Å². The summed E-state index contributed by atoms with van der Waals surface area (Å²) in [5.41, 5.74) is 0.567. The molecular formula is C20H25NO4. The number of esters is 1. The summed E-state index contributed by atoms with van der Waals surface area (Å²) in [6.07, 6.45) is 5.16. The Bertz CT molecular complexity index is 674. The maximum absolute atomic E-state index is 12.9. The summed E-state index contributed by atoms with van der Waals surface area (Å²) in [5.74, 6) is 0.424. The van der Waals surface area contributed by atoms with Crippen molar-refractivity contribution in [2.75, 3.05) is 13.1 Å². The highest BCUT2D eigenvalue weighted by atomic mass is 16.6. The quantitative estimate of drug-likeness (QED) is 0.792. The molecule has 3 aliphatic rings. The second-order valence-corrected chi connectivity index (χ2v) is 7.60. The van der Waals surface area contributed by atoms with Crippen LogP contribution in [-0.4, -0.2) is 41.6 Å². The topological polar surface area (TPSA) is 55.8 Å². The Morgan fingerprint density at radius 1 is 1.20 bits per heavy atom. The molecular weight excluding hydrogens is 318 g/mol. The third kappa shape index (κ3) is 3.00. The minimum atomic E-state index is -0.533. The van der Waals surface area contributed by atoms with E-state index in [0.717, 1.165) is 43.4 Å². The number of amides is 1. The van der Waals surface area contributed by atoms with Gasteiger partial charge in [-0.3, -0.25) is 9.59 Å². The number of hydrogen-bond donors (Lipinski definition) is 0. The van der Waals surface area contributed by atoms with Crippen molar-refractivity contribution in [1.29, 1.82) is 0 Å². The lowest BCUT2D eigenvalue weighted by molar-refractivity contribution is -0.159. The molecule has 134 valence electrons. The van der Waals surface area contributed by atoms with Crippen LogP contribution in [0.2, 0.25) is 0 Å². The van der Waals surface area contributed by atoms with Crippen LogP contribution in [0.3, 0.4) is 0 Å². The van der Waals surface area contributed by atoms with Gasteiger partial charge in [-0.25, -0.2) is 0 Å². The molecule has 1 atom stereocenters. The minimum absolute atomic E-state index is 0.0328. The maximum atomic E-state index is 12.9. The Morgan fingerprint density at radius 2 is 1.92 bits per heavy atom. The molecule has 25 heavy (non-hydrogen) atoms. The van der Waals surface area contributed by atoms with E-state index in [-0.39, 0.29) is 30.3 Å². The molecule has 1 aromatic carbocycles. The number of carbonyl (C=O) groups is 2. The largest absolute Gasteiger partial charge is 0.486 e. The van der Waals surface area contributed by atoms with Crippen LogP contribution >= 0.6 is 0 Å². The summed E-state index contributed by atoms with van der Waals surface area (Å²) >= 11 is 0.